The molecule has 0 saturated heterocycles. The quantitative estimate of drug-likeness (QED) is 0.784. The Balaban J connectivity index is 2.03. The van der Waals surface area contributed by atoms with Gasteiger partial charge in [-0.2, -0.15) is 4.98 Å². The first-order valence-corrected chi connectivity index (χ1v) is 4.57. The highest BCUT2D eigenvalue weighted by molar-refractivity contribution is 5.85. The predicted molar refractivity (Wildman–Crippen MR) is 49.5 cm³/mol. The maximum absolute atomic E-state index is 10.5. The third kappa shape index (κ3) is 1.86. The van der Waals surface area contributed by atoms with Crippen molar-refractivity contribution in [1.29, 1.82) is 0 Å². The summed E-state index contributed by atoms with van der Waals surface area (Å²) in [6, 6.07) is 0.384. The van der Waals surface area contributed by atoms with Crippen molar-refractivity contribution in [2.24, 2.45) is 5.92 Å². The molecule has 1 aliphatic rings. The predicted octanol–water partition coefficient (Wildman–Crippen LogP) is 1.22. The van der Waals surface area contributed by atoms with E-state index in [1.807, 2.05) is 11.9 Å². The second-order valence-corrected chi connectivity index (χ2v) is 3.64. The van der Waals surface area contributed by atoms with Gasteiger partial charge in [0.1, 0.15) is 6.26 Å². The van der Waals surface area contributed by atoms with Crippen LogP contribution in [0.2, 0.25) is 0 Å². The Kier molecular flexibility index (Phi) is 2.15. The molecule has 1 saturated carbocycles. The Labute approximate surface area is 81.3 Å². The van der Waals surface area contributed by atoms with E-state index in [0.29, 0.717) is 6.01 Å². The highest BCUT2D eigenvalue weighted by atomic mass is 16.4. The van der Waals surface area contributed by atoms with Gasteiger partial charge in [-0.3, -0.25) is 0 Å². The summed E-state index contributed by atoms with van der Waals surface area (Å²) < 4.78 is 5.05. The normalized spacial score (nSPS) is 15.5. The number of anilines is 1. The molecule has 0 aliphatic heterocycles. The van der Waals surface area contributed by atoms with Crippen LogP contribution in [0, 0.1) is 5.92 Å². The summed E-state index contributed by atoms with van der Waals surface area (Å²) in [4.78, 5) is 16.2. The number of carbonyl (C=O) groups is 1. The monoisotopic (exact) mass is 196 g/mol. The van der Waals surface area contributed by atoms with Gasteiger partial charge in [0.05, 0.1) is 0 Å². The molecule has 1 heterocycles. The number of aromatic nitrogens is 1. The molecule has 5 heteroatoms. The molecule has 1 aromatic rings. The minimum Gasteiger partial charge on any atom is -0.476 e. The Morgan fingerprint density at radius 2 is 2.50 bits per heavy atom. The highest BCUT2D eigenvalue weighted by Gasteiger charge is 2.24. The Morgan fingerprint density at radius 1 is 1.79 bits per heavy atom. The molecule has 5 nitrogen and oxygen atoms in total. The van der Waals surface area contributed by atoms with Crippen LogP contribution < -0.4 is 4.90 Å². The summed E-state index contributed by atoms with van der Waals surface area (Å²) in [5.74, 6) is -0.333. The standard InChI is InChI=1S/C9H12N2O3/c1-11(4-6-2-3-6)9-10-7(5-14-9)8(12)13/h5-6H,2-4H2,1H3,(H,12,13). The molecule has 0 aromatic carbocycles. The zero-order chi connectivity index (χ0) is 10.1. The third-order valence-corrected chi connectivity index (χ3v) is 2.27. The van der Waals surface area contributed by atoms with E-state index in [4.69, 9.17) is 9.52 Å². The van der Waals surface area contributed by atoms with E-state index in [9.17, 15) is 4.79 Å². The molecular weight excluding hydrogens is 184 g/mol. The summed E-state index contributed by atoms with van der Waals surface area (Å²) in [5.41, 5.74) is -0.0392. The maximum atomic E-state index is 10.5. The maximum Gasteiger partial charge on any atom is 0.357 e. The molecular formula is C9H12N2O3. The number of hydrogen-bond acceptors (Lipinski definition) is 4. The minimum atomic E-state index is -1.06. The lowest BCUT2D eigenvalue weighted by Crippen LogP contribution is -2.20. The first-order valence-electron chi connectivity index (χ1n) is 4.57. The second kappa shape index (κ2) is 3.32. The van der Waals surface area contributed by atoms with Crippen LogP contribution in [0.5, 0.6) is 0 Å². The number of carboxylic acids is 1. The molecule has 0 spiro atoms. The van der Waals surface area contributed by atoms with Crippen molar-refractivity contribution in [1.82, 2.24) is 4.98 Å². The van der Waals surface area contributed by atoms with Crippen molar-refractivity contribution >= 4 is 12.0 Å². The molecule has 0 amide bonds. The fourth-order valence-electron chi connectivity index (χ4n) is 1.30. The van der Waals surface area contributed by atoms with Gasteiger partial charge in [0.25, 0.3) is 6.01 Å². The van der Waals surface area contributed by atoms with Crippen LogP contribution in [0.3, 0.4) is 0 Å². The van der Waals surface area contributed by atoms with Crippen molar-refractivity contribution in [3.8, 4) is 0 Å². The van der Waals surface area contributed by atoms with E-state index in [-0.39, 0.29) is 5.69 Å². The van der Waals surface area contributed by atoms with Crippen LogP contribution in [-0.4, -0.2) is 29.7 Å². The van der Waals surface area contributed by atoms with Gasteiger partial charge in [-0.05, 0) is 18.8 Å². The van der Waals surface area contributed by atoms with Gasteiger partial charge in [0.15, 0.2) is 5.69 Å². The third-order valence-electron chi connectivity index (χ3n) is 2.27. The van der Waals surface area contributed by atoms with E-state index in [0.717, 1.165) is 12.5 Å². The summed E-state index contributed by atoms with van der Waals surface area (Å²) in [5, 5.41) is 8.63. The SMILES string of the molecule is CN(CC1CC1)c1nc(C(=O)O)co1. The fourth-order valence-corrected chi connectivity index (χ4v) is 1.30. The molecule has 76 valence electrons. The Morgan fingerprint density at radius 3 is 3.00 bits per heavy atom. The number of nitrogens with zero attached hydrogens (tertiary/aromatic N) is 2. The average Bonchev–Trinajstić information content (AvgIpc) is 2.81. The molecule has 1 fully saturated rings. The lowest BCUT2D eigenvalue weighted by molar-refractivity contribution is 0.0690. The van der Waals surface area contributed by atoms with Crippen molar-refractivity contribution in [2.45, 2.75) is 12.8 Å². The zero-order valence-electron chi connectivity index (χ0n) is 7.93. The molecule has 0 radical (unpaired) electrons. The van der Waals surface area contributed by atoms with Crippen molar-refractivity contribution < 1.29 is 14.3 Å². The summed E-state index contributed by atoms with van der Waals surface area (Å²) in [6.45, 7) is 0.888. The van der Waals surface area contributed by atoms with Crippen LogP contribution in [0.1, 0.15) is 23.3 Å². The molecule has 0 unspecified atom stereocenters. The number of oxazole rings is 1. The largest absolute Gasteiger partial charge is 0.476 e. The first-order chi connectivity index (χ1) is 6.66. The van der Waals surface area contributed by atoms with Gasteiger partial charge < -0.3 is 14.4 Å². The number of aromatic carboxylic acids is 1. The lowest BCUT2D eigenvalue weighted by atomic mass is 10.4. The van der Waals surface area contributed by atoms with E-state index in [2.05, 4.69) is 4.98 Å². The van der Waals surface area contributed by atoms with Gasteiger partial charge in [-0.1, -0.05) is 0 Å². The van der Waals surface area contributed by atoms with Crippen molar-refractivity contribution in [3.63, 3.8) is 0 Å². The van der Waals surface area contributed by atoms with Crippen LogP contribution >= 0.6 is 0 Å². The van der Waals surface area contributed by atoms with Gasteiger partial charge >= 0.3 is 5.97 Å². The smallest absolute Gasteiger partial charge is 0.357 e. The molecule has 1 N–H and O–H groups in total. The molecule has 0 atom stereocenters. The number of hydrogen-bond donors (Lipinski definition) is 1. The van der Waals surface area contributed by atoms with E-state index in [1.54, 1.807) is 0 Å². The highest BCUT2D eigenvalue weighted by Crippen LogP contribution is 2.30. The zero-order valence-corrected chi connectivity index (χ0v) is 7.93. The summed E-state index contributed by atoms with van der Waals surface area (Å²) >= 11 is 0. The fraction of sp³-hybridized carbons (Fsp3) is 0.556. The lowest BCUT2D eigenvalue weighted by Gasteiger charge is -2.12. The van der Waals surface area contributed by atoms with Crippen LogP contribution in [0.4, 0.5) is 6.01 Å². The number of carboxylic acid groups (broad SMARTS) is 1. The Bertz CT molecular complexity index is 344. The topological polar surface area (TPSA) is 66.6 Å². The Hall–Kier alpha value is -1.52. The molecule has 2 rings (SSSR count). The van der Waals surface area contributed by atoms with Gasteiger partial charge in [-0.15, -0.1) is 0 Å². The average molecular weight is 196 g/mol. The van der Waals surface area contributed by atoms with Gasteiger partial charge in [-0.25, -0.2) is 4.79 Å². The first kappa shape index (κ1) is 9.05. The van der Waals surface area contributed by atoms with Crippen LogP contribution in [0.15, 0.2) is 10.7 Å². The van der Waals surface area contributed by atoms with Crippen LogP contribution in [-0.2, 0) is 0 Å². The molecule has 1 aliphatic carbocycles. The second-order valence-electron chi connectivity index (χ2n) is 3.64. The van der Waals surface area contributed by atoms with Gasteiger partial charge in [0, 0.05) is 13.6 Å². The molecule has 0 bridgehead atoms. The minimum absolute atomic E-state index is 0.0392. The van der Waals surface area contributed by atoms with E-state index < -0.39 is 5.97 Å². The molecule has 1 aromatic heterocycles. The molecule has 14 heavy (non-hydrogen) atoms. The van der Waals surface area contributed by atoms with Crippen molar-refractivity contribution in [2.75, 3.05) is 18.5 Å². The summed E-state index contributed by atoms with van der Waals surface area (Å²) in [6.07, 6.45) is 3.66. The van der Waals surface area contributed by atoms with Gasteiger partial charge in [0.2, 0.25) is 0 Å². The number of rotatable bonds is 4. The van der Waals surface area contributed by atoms with Crippen molar-refractivity contribution in [3.05, 3.63) is 12.0 Å². The van der Waals surface area contributed by atoms with Crippen LogP contribution in [0.25, 0.3) is 0 Å². The van der Waals surface area contributed by atoms with E-state index >= 15 is 0 Å². The van der Waals surface area contributed by atoms with E-state index in [1.165, 1.54) is 19.1 Å². The summed E-state index contributed by atoms with van der Waals surface area (Å²) in [7, 11) is 1.86.